The van der Waals surface area contributed by atoms with E-state index >= 15 is 0 Å². The summed E-state index contributed by atoms with van der Waals surface area (Å²) >= 11 is 0. The predicted octanol–water partition coefficient (Wildman–Crippen LogP) is 2.52. The van der Waals surface area contributed by atoms with Crippen molar-refractivity contribution in [3.8, 4) is 6.07 Å². The van der Waals surface area contributed by atoms with Crippen LogP contribution in [0.2, 0.25) is 0 Å². The van der Waals surface area contributed by atoms with Crippen molar-refractivity contribution in [3.63, 3.8) is 0 Å². The number of nitrogens with zero attached hydrogens (tertiary/aromatic N) is 2. The highest BCUT2D eigenvalue weighted by Crippen LogP contribution is 2.37. The zero-order valence-electron chi connectivity index (χ0n) is 13.1. The van der Waals surface area contributed by atoms with E-state index < -0.39 is 18.3 Å². The molecule has 0 amide bonds. The Morgan fingerprint density at radius 1 is 1.19 bits per heavy atom. The van der Waals surface area contributed by atoms with Gasteiger partial charge in [-0.05, 0) is 46.6 Å². The van der Waals surface area contributed by atoms with E-state index in [4.69, 9.17) is 9.31 Å². The normalized spacial score (nSPS) is 23.7. The number of hydrogen-bond acceptors (Lipinski definition) is 4. The van der Waals surface area contributed by atoms with E-state index in [1.807, 2.05) is 39.8 Å². The fraction of sp³-hybridized carbons (Fsp3) is 0.625. The first-order valence-corrected chi connectivity index (χ1v) is 7.61. The number of nitriles is 1. The molecule has 1 aliphatic carbocycles. The Kier molecular flexibility index (Phi) is 3.35. The molecule has 1 aromatic heterocycles. The Labute approximate surface area is 126 Å². The number of rotatable bonds is 2. The van der Waals surface area contributed by atoms with Crippen molar-refractivity contribution >= 4 is 12.6 Å². The van der Waals surface area contributed by atoms with E-state index in [9.17, 15) is 5.26 Å². The van der Waals surface area contributed by atoms with E-state index in [0.717, 1.165) is 11.2 Å². The van der Waals surface area contributed by atoms with Crippen molar-refractivity contribution in [2.75, 3.05) is 0 Å². The first kappa shape index (κ1) is 14.6. The maximum absolute atomic E-state index is 9.41. The number of pyridine rings is 1. The Bertz CT molecular complexity index is 587. The van der Waals surface area contributed by atoms with Crippen LogP contribution < -0.4 is 5.46 Å². The molecular weight excluding hydrogens is 263 g/mol. The van der Waals surface area contributed by atoms with Crippen LogP contribution in [-0.4, -0.2) is 23.3 Å². The van der Waals surface area contributed by atoms with Crippen LogP contribution in [-0.2, 0) is 9.31 Å². The molecule has 0 bridgehead atoms. The van der Waals surface area contributed by atoms with Crippen molar-refractivity contribution in [2.24, 2.45) is 0 Å². The standard InChI is InChI=1S/C16H21BN2O2/c1-15(2)16(3,4)21-17(20-15)12-8-9-13(11-6-5-7-11)19-14(12)10-18/h8-9,11H,5-7H2,1-4H3. The minimum atomic E-state index is -0.521. The van der Waals surface area contributed by atoms with Gasteiger partial charge in [-0.25, -0.2) is 4.98 Å². The lowest BCUT2D eigenvalue weighted by atomic mass is 9.76. The summed E-state index contributed by atoms with van der Waals surface area (Å²) in [4.78, 5) is 4.53. The second kappa shape index (κ2) is 4.83. The molecule has 2 fully saturated rings. The average Bonchev–Trinajstić information content (AvgIpc) is 2.56. The molecule has 0 unspecified atom stereocenters. The molecular formula is C16H21BN2O2. The summed E-state index contributed by atoms with van der Waals surface area (Å²) < 4.78 is 12.0. The molecule has 110 valence electrons. The monoisotopic (exact) mass is 284 g/mol. The molecule has 1 saturated carbocycles. The zero-order valence-corrected chi connectivity index (χ0v) is 13.1. The van der Waals surface area contributed by atoms with Gasteiger partial charge in [0.05, 0.1) is 11.2 Å². The van der Waals surface area contributed by atoms with Crippen LogP contribution in [0.15, 0.2) is 12.1 Å². The molecule has 5 heteroatoms. The molecule has 0 N–H and O–H groups in total. The molecule has 1 aliphatic heterocycles. The van der Waals surface area contributed by atoms with Crippen LogP contribution in [0.1, 0.15) is 64.3 Å². The second-order valence-electron chi connectivity index (χ2n) is 7.00. The predicted molar refractivity (Wildman–Crippen MR) is 81.3 cm³/mol. The summed E-state index contributed by atoms with van der Waals surface area (Å²) in [6.07, 6.45) is 3.61. The summed E-state index contributed by atoms with van der Waals surface area (Å²) in [5.74, 6) is 0.518. The van der Waals surface area contributed by atoms with Crippen LogP contribution >= 0.6 is 0 Å². The van der Waals surface area contributed by atoms with Gasteiger partial charge in [-0.2, -0.15) is 5.26 Å². The third kappa shape index (κ3) is 2.37. The van der Waals surface area contributed by atoms with Crippen LogP contribution in [0.25, 0.3) is 0 Å². The van der Waals surface area contributed by atoms with Gasteiger partial charge in [-0.3, -0.25) is 0 Å². The molecule has 0 atom stereocenters. The van der Waals surface area contributed by atoms with Gasteiger partial charge in [0.1, 0.15) is 11.8 Å². The van der Waals surface area contributed by atoms with Gasteiger partial charge in [0.25, 0.3) is 0 Å². The molecule has 0 aromatic carbocycles. The van der Waals surface area contributed by atoms with Crippen LogP contribution in [0, 0.1) is 11.3 Å². The van der Waals surface area contributed by atoms with Crippen LogP contribution in [0.4, 0.5) is 0 Å². The number of aromatic nitrogens is 1. The zero-order chi connectivity index (χ0) is 15.3. The van der Waals surface area contributed by atoms with E-state index in [-0.39, 0.29) is 0 Å². The molecule has 0 spiro atoms. The fourth-order valence-electron chi connectivity index (χ4n) is 2.67. The van der Waals surface area contributed by atoms with Gasteiger partial charge in [-0.1, -0.05) is 12.5 Å². The van der Waals surface area contributed by atoms with Crippen molar-refractivity contribution in [1.82, 2.24) is 4.98 Å². The minimum Gasteiger partial charge on any atom is -0.399 e. The Morgan fingerprint density at radius 3 is 2.29 bits per heavy atom. The van der Waals surface area contributed by atoms with Crippen LogP contribution in [0.5, 0.6) is 0 Å². The molecule has 1 saturated heterocycles. The maximum atomic E-state index is 9.41. The Hall–Kier alpha value is -1.38. The highest BCUT2D eigenvalue weighted by Gasteiger charge is 2.52. The summed E-state index contributed by atoms with van der Waals surface area (Å²) in [6.45, 7) is 8.04. The maximum Gasteiger partial charge on any atom is 0.497 e. The van der Waals surface area contributed by atoms with Gasteiger partial charge < -0.3 is 9.31 Å². The minimum absolute atomic E-state index is 0.406. The van der Waals surface area contributed by atoms with Crippen molar-refractivity contribution in [2.45, 2.75) is 64.1 Å². The van der Waals surface area contributed by atoms with Gasteiger partial charge in [0.15, 0.2) is 0 Å². The van der Waals surface area contributed by atoms with Gasteiger partial charge in [0.2, 0.25) is 0 Å². The topological polar surface area (TPSA) is 55.1 Å². The van der Waals surface area contributed by atoms with Gasteiger partial charge >= 0.3 is 7.12 Å². The highest BCUT2D eigenvalue weighted by molar-refractivity contribution is 6.62. The van der Waals surface area contributed by atoms with E-state index in [2.05, 4.69) is 11.1 Å². The van der Waals surface area contributed by atoms with Crippen LogP contribution in [0.3, 0.4) is 0 Å². The SMILES string of the molecule is CC1(C)OB(c2ccc(C3CCC3)nc2C#N)OC1(C)C. The van der Waals surface area contributed by atoms with Crippen molar-refractivity contribution < 1.29 is 9.31 Å². The lowest BCUT2D eigenvalue weighted by Crippen LogP contribution is -2.41. The van der Waals surface area contributed by atoms with E-state index in [0.29, 0.717) is 11.6 Å². The first-order valence-electron chi connectivity index (χ1n) is 7.61. The molecule has 21 heavy (non-hydrogen) atoms. The Morgan fingerprint density at radius 2 is 1.81 bits per heavy atom. The molecule has 2 heterocycles. The van der Waals surface area contributed by atoms with E-state index in [1.165, 1.54) is 19.3 Å². The molecule has 2 aliphatic rings. The third-order valence-electron chi connectivity index (χ3n) is 5.08. The molecule has 3 rings (SSSR count). The number of hydrogen-bond donors (Lipinski definition) is 0. The van der Waals surface area contributed by atoms with Gasteiger partial charge in [-0.15, -0.1) is 0 Å². The summed E-state index contributed by atoms with van der Waals surface area (Å²) in [7, 11) is -0.521. The third-order valence-corrected chi connectivity index (χ3v) is 5.08. The first-order chi connectivity index (χ1) is 9.84. The molecule has 0 radical (unpaired) electrons. The quantitative estimate of drug-likeness (QED) is 0.783. The summed E-state index contributed by atoms with van der Waals surface area (Å²) in [5, 5.41) is 9.41. The van der Waals surface area contributed by atoms with Gasteiger partial charge in [0, 0.05) is 17.1 Å². The molecule has 1 aromatic rings. The summed E-state index contributed by atoms with van der Waals surface area (Å²) in [6, 6.07) is 6.16. The second-order valence-corrected chi connectivity index (χ2v) is 7.00. The van der Waals surface area contributed by atoms with Crippen molar-refractivity contribution in [3.05, 3.63) is 23.5 Å². The largest absolute Gasteiger partial charge is 0.497 e. The average molecular weight is 284 g/mol. The molecule has 4 nitrogen and oxygen atoms in total. The highest BCUT2D eigenvalue weighted by atomic mass is 16.7. The smallest absolute Gasteiger partial charge is 0.399 e. The Balaban J connectivity index is 1.91. The fourth-order valence-corrected chi connectivity index (χ4v) is 2.67. The lowest BCUT2D eigenvalue weighted by Gasteiger charge is -2.32. The van der Waals surface area contributed by atoms with E-state index in [1.54, 1.807) is 0 Å². The summed E-state index contributed by atoms with van der Waals surface area (Å²) in [5.41, 5.74) is 1.38. The lowest BCUT2D eigenvalue weighted by molar-refractivity contribution is 0.00578. The van der Waals surface area contributed by atoms with Crippen molar-refractivity contribution in [1.29, 1.82) is 5.26 Å².